The summed E-state index contributed by atoms with van der Waals surface area (Å²) in [6.07, 6.45) is 0.670. The highest BCUT2D eigenvalue weighted by Crippen LogP contribution is 1.96. The van der Waals surface area contributed by atoms with Gasteiger partial charge in [-0.1, -0.05) is 6.92 Å². The molecule has 0 spiro atoms. The fraction of sp³-hybridized carbons (Fsp3) is 0.889. The molecule has 0 saturated carbocycles. The van der Waals surface area contributed by atoms with E-state index in [0.29, 0.717) is 13.0 Å². The number of esters is 1. The largest absolute Gasteiger partial charge is 0.465 e. The number of aliphatic hydroxyl groups excluding tert-OH is 1. The number of hydrogen-bond donors (Lipinski definition) is 2. The first-order valence-corrected chi connectivity index (χ1v) is 4.69. The summed E-state index contributed by atoms with van der Waals surface area (Å²) in [6, 6.07) is -0.378. The highest BCUT2D eigenvalue weighted by molar-refractivity contribution is 5.75. The van der Waals surface area contributed by atoms with Gasteiger partial charge in [0.05, 0.1) is 13.2 Å². The second-order valence-electron chi connectivity index (χ2n) is 2.96. The smallest absolute Gasteiger partial charge is 0.323 e. The summed E-state index contributed by atoms with van der Waals surface area (Å²) < 4.78 is 4.86. The predicted molar refractivity (Wildman–Crippen MR) is 50.4 cm³/mol. The molecule has 0 aliphatic carbocycles. The van der Waals surface area contributed by atoms with E-state index in [9.17, 15) is 4.79 Å². The second kappa shape index (κ2) is 6.86. The number of rotatable bonds is 6. The van der Waals surface area contributed by atoms with Crippen molar-refractivity contribution < 1.29 is 14.6 Å². The van der Waals surface area contributed by atoms with E-state index in [4.69, 9.17) is 9.84 Å². The van der Waals surface area contributed by atoms with Crippen LogP contribution in [0.2, 0.25) is 0 Å². The first-order valence-electron chi connectivity index (χ1n) is 4.69. The van der Waals surface area contributed by atoms with E-state index >= 15 is 0 Å². The summed E-state index contributed by atoms with van der Waals surface area (Å²) in [5, 5.41) is 11.8. The molecular formula is C9H19NO3. The maximum absolute atomic E-state index is 11.3. The number of carbonyl (C=O) groups is 1. The van der Waals surface area contributed by atoms with Gasteiger partial charge in [-0.3, -0.25) is 10.1 Å². The van der Waals surface area contributed by atoms with E-state index in [2.05, 4.69) is 5.32 Å². The molecule has 0 aliphatic heterocycles. The Labute approximate surface area is 79.3 Å². The minimum atomic E-state index is -0.304. The van der Waals surface area contributed by atoms with Crippen LogP contribution < -0.4 is 5.32 Å². The molecule has 0 aromatic rings. The van der Waals surface area contributed by atoms with E-state index in [1.54, 1.807) is 6.92 Å². The molecule has 0 heterocycles. The summed E-state index contributed by atoms with van der Waals surface area (Å²) in [5.41, 5.74) is 0. The van der Waals surface area contributed by atoms with Crippen molar-refractivity contribution in [2.45, 2.75) is 39.3 Å². The Morgan fingerprint density at radius 2 is 2.15 bits per heavy atom. The normalized spacial score (nSPS) is 15.1. The van der Waals surface area contributed by atoms with Crippen molar-refractivity contribution in [3.8, 4) is 0 Å². The van der Waals surface area contributed by atoms with Gasteiger partial charge in [-0.05, 0) is 20.3 Å². The maximum atomic E-state index is 11.3. The zero-order chi connectivity index (χ0) is 10.3. The summed E-state index contributed by atoms with van der Waals surface area (Å²) in [7, 11) is 0. The van der Waals surface area contributed by atoms with Gasteiger partial charge in [0.2, 0.25) is 0 Å². The fourth-order valence-corrected chi connectivity index (χ4v) is 0.992. The number of aliphatic hydroxyl groups is 1. The van der Waals surface area contributed by atoms with Gasteiger partial charge >= 0.3 is 5.97 Å². The number of ether oxygens (including phenoxy) is 1. The molecule has 2 unspecified atom stereocenters. The summed E-state index contributed by atoms with van der Waals surface area (Å²) >= 11 is 0. The lowest BCUT2D eigenvalue weighted by molar-refractivity contribution is -0.146. The minimum Gasteiger partial charge on any atom is -0.465 e. The topological polar surface area (TPSA) is 58.6 Å². The molecule has 78 valence electrons. The van der Waals surface area contributed by atoms with Crippen LogP contribution >= 0.6 is 0 Å². The van der Waals surface area contributed by atoms with E-state index in [0.717, 1.165) is 0 Å². The van der Waals surface area contributed by atoms with Crippen molar-refractivity contribution in [3.05, 3.63) is 0 Å². The zero-order valence-corrected chi connectivity index (χ0v) is 8.54. The number of nitrogens with one attached hydrogen (secondary N) is 1. The Balaban J connectivity index is 3.94. The third-order valence-corrected chi connectivity index (χ3v) is 1.74. The Kier molecular flexibility index (Phi) is 6.54. The molecule has 4 heteroatoms. The molecule has 0 amide bonds. The lowest BCUT2D eigenvalue weighted by Crippen LogP contribution is -2.44. The van der Waals surface area contributed by atoms with Crippen molar-refractivity contribution in [3.63, 3.8) is 0 Å². The molecule has 0 rings (SSSR count). The van der Waals surface area contributed by atoms with Crippen molar-refractivity contribution in [1.82, 2.24) is 5.32 Å². The van der Waals surface area contributed by atoms with E-state index in [1.807, 2.05) is 13.8 Å². The van der Waals surface area contributed by atoms with Crippen molar-refractivity contribution in [2.75, 3.05) is 13.2 Å². The van der Waals surface area contributed by atoms with Crippen LogP contribution in [-0.2, 0) is 9.53 Å². The minimum absolute atomic E-state index is 0.0237. The van der Waals surface area contributed by atoms with Crippen LogP contribution in [0.15, 0.2) is 0 Å². The Bertz CT molecular complexity index is 150. The molecule has 0 radical (unpaired) electrons. The first kappa shape index (κ1) is 12.4. The van der Waals surface area contributed by atoms with Crippen LogP contribution in [-0.4, -0.2) is 36.4 Å². The van der Waals surface area contributed by atoms with Crippen LogP contribution in [0.5, 0.6) is 0 Å². The van der Waals surface area contributed by atoms with Gasteiger partial charge in [0.1, 0.15) is 6.04 Å². The van der Waals surface area contributed by atoms with Gasteiger partial charge in [-0.25, -0.2) is 0 Å². The molecule has 4 nitrogen and oxygen atoms in total. The number of hydrogen-bond acceptors (Lipinski definition) is 4. The Hall–Kier alpha value is -0.610. The van der Waals surface area contributed by atoms with Gasteiger partial charge in [-0.15, -0.1) is 0 Å². The SMILES string of the molecule is CCOC(=O)C(CC)NC(C)CO. The van der Waals surface area contributed by atoms with Crippen LogP contribution in [0.25, 0.3) is 0 Å². The quantitative estimate of drug-likeness (QED) is 0.590. The zero-order valence-electron chi connectivity index (χ0n) is 8.54. The summed E-state index contributed by atoms with van der Waals surface area (Å²) in [6.45, 7) is 5.92. The second-order valence-corrected chi connectivity index (χ2v) is 2.96. The number of carbonyl (C=O) groups excluding carboxylic acids is 1. The lowest BCUT2D eigenvalue weighted by atomic mass is 10.2. The molecule has 2 atom stereocenters. The molecule has 0 aliphatic rings. The molecule has 2 N–H and O–H groups in total. The van der Waals surface area contributed by atoms with Gasteiger partial charge in [-0.2, -0.15) is 0 Å². The van der Waals surface area contributed by atoms with Crippen LogP contribution in [0.1, 0.15) is 27.2 Å². The van der Waals surface area contributed by atoms with Gasteiger partial charge in [0.15, 0.2) is 0 Å². The molecule has 13 heavy (non-hydrogen) atoms. The van der Waals surface area contributed by atoms with Crippen LogP contribution in [0, 0.1) is 0 Å². The average Bonchev–Trinajstić information content (AvgIpc) is 2.14. The van der Waals surface area contributed by atoms with Crippen molar-refractivity contribution in [1.29, 1.82) is 0 Å². The van der Waals surface area contributed by atoms with E-state index in [-0.39, 0.29) is 24.7 Å². The standard InChI is InChI=1S/C9H19NO3/c1-4-8(9(12)13-5-2)10-7(3)6-11/h7-8,10-11H,4-6H2,1-3H3. The molecule has 0 bridgehead atoms. The predicted octanol–water partition coefficient (Wildman–Crippen LogP) is 0.299. The van der Waals surface area contributed by atoms with E-state index in [1.165, 1.54) is 0 Å². The summed E-state index contributed by atoms with van der Waals surface area (Å²) in [4.78, 5) is 11.3. The Morgan fingerprint density at radius 3 is 2.54 bits per heavy atom. The molecule has 0 aromatic carbocycles. The first-order chi connectivity index (χ1) is 6.15. The highest BCUT2D eigenvalue weighted by atomic mass is 16.5. The molecule has 0 fully saturated rings. The van der Waals surface area contributed by atoms with Gasteiger partial charge in [0, 0.05) is 6.04 Å². The fourth-order valence-electron chi connectivity index (χ4n) is 0.992. The van der Waals surface area contributed by atoms with Crippen molar-refractivity contribution in [2.24, 2.45) is 0 Å². The molecular weight excluding hydrogens is 170 g/mol. The van der Waals surface area contributed by atoms with Gasteiger partial charge < -0.3 is 9.84 Å². The van der Waals surface area contributed by atoms with Gasteiger partial charge in [0.25, 0.3) is 0 Å². The monoisotopic (exact) mass is 189 g/mol. The molecule has 0 saturated heterocycles. The Morgan fingerprint density at radius 1 is 1.54 bits per heavy atom. The molecule has 0 aromatic heterocycles. The van der Waals surface area contributed by atoms with Crippen LogP contribution in [0.4, 0.5) is 0 Å². The maximum Gasteiger partial charge on any atom is 0.323 e. The highest BCUT2D eigenvalue weighted by Gasteiger charge is 2.18. The average molecular weight is 189 g/mol. The van der Waals surface area contributed by atoms with Crippen molar-refractivity contribution >= 4 is 5.97 Å². The van der Waals surface area contributed by atoms with E-state index < -0.39 is 0 Å². The lowest BCUT2D eigenvalue weighted by Gasteiger charge is -2.18. The third kappa shape index (κ3) is 4.85. The summed E-state index contributed by atoms with van der Waals surface area (Å²) in [5.74, 6) is -0.245. The van der Waals surface area contributed by atoms with Crippen LogP contribution in [0.3, 0.4) is 0 Å². The third-order valence-electron chi connectivity index (χ3n) is 1.74.